The third-order valence-corrected chi connectivity index (χ3v) is 12.2. The number of rotatable bonds is 6. The summed E-state index contributed by atoms with van der Waals surface area (Å²) < 4.78 is 11.8. The molecule has 0 aromatic rings. The fourth-order valence-corrected chi connectivity index (χ4v) is 10.1. The minimum absolute atomic E-state index is 0.0683. The van der Waals surface area contributed by atoms with E-state index in [1.165, 1.54) is 51.2 Å². The van der Waals surface area contributed by atoms with Crippen molar-refractivity contribution in [3.63, 3.8) is 0 Å². The lowest BCUT2D eigenvalue weighted by atomic mass is 9.38. The van der Waals surface area contributed by atoms with Crippen LogP contribution in [0.3, 0.4) is 0 Å². The lowest BCUT2D eigenvalue weighted by Gasteiger charge is -2.66. The number of hydrogen-bond acceptors (Lipinski definition) is 4. The summed E-state index contributed by atoms with van der Waals surface area (Å²) in [5.41, 5.74) is 0.933. The Labute approximate surface area is 214 Å². The van der Waals surface area contributed by atoms with Gasteiger partial charge in [-0.3, -0.25) is 4.79 Å². The lowest BCUT2D eigenvalue weighted by Crippen LogP contribution is -2.60. The van der Waals surface area contributed by atoms with Crippen molar-refractivity contribution in [1.82, 2.24) is 0 Å². The summed E-state index contributed by atoms with van der Waals surface area (Å²) in [6.07, 6.45) is 10.7. The first kappa shape index (κ1) is 27.2. The molecule has 9 atom stereocenters. The van der Waals surface area contributed by atoms with Crippen molar-refractivity contribution in [3.05, 3.63) is 12.2 Å². The zero-order valence-corrected chi connectivity index (χ0v) is 23.8. The van der Waals surface area contributed by atoms with Crippen molar-refractivity contribution in [2.24, 2.45) is 39.9 Å². The van der Waals surface area contributed by atoms with Gasteiger partial charge in [-0.05, 0) is 125 Å². The fraction of sp³-hybridized carbons (Fsp3) is 0.903. The Kier molecular flexibility index (Phi) is 6.88. The highest BCUT2D eigenvalue weighted by atomic mass is 16.5. The molecule has 1 heterocycles. The molecule has 1 N–H and O–H groups in total. The third-order valence-electron chi connectivity index (χ3n) is 12.2. The van der Waals surface area contributed by atoms with Gasteiger partial charge in [-0.1, -0.05) is 32.9 Å². The van der Waals surface area contributed by atoms with E-state index in [4.69, 9.17) is 9.47 Å². The Bertz CT molecular complexity index is 843. The molecule has 4 fully saturated rings. The van der Waals surface area contributed by atoms with Crippen molar-refractivity contribution in [2.45, 2.75) is 130 Å². The summed E-state index contributed by atoms with van der Waals surface area (Å²) in [6.45, 7) is 20.4. The van der Waals surface area contributed by atoms with E-state index in [1.54, 1.807) is 0 Å². The Morgan fingerprint density at radius 1 is 1.00 bits per heavy atom. The second-order valence-electron chi connectivity index (χ2n) is 14.3. The lowest BCUT2D eigenvalue weighted by molar-refractivity contribution is -0.188. The molecule has 0 bridgehead atoms. The van der Waals surface area contributed by atoms with Crippen LogP contribution >= 0.6 is 0 Å². The van der Waals surface area contributed by atoms with E-state index in [2.05, 4.69) is 41.2 Å². The molecule has 0 aromatic heterocycles. The highest BCUT2D eigenvalue weighted by molar-refractivity contribution is 5.69. The number of carbonyl (C=O) groups is 1. The SMILES string of the molecule is C=C(C)[C@H]1CC[C@]2(C)[C@@H](CC[C@@H]3[C@H]([C@]4(C)CCC(C(C)(C)O)O4)CC[C@]32C)[C@@]1(C)CCC(=O)OC. The maximum absolute atomic E-state index is 12.2. The minimum Gasteiger partial charge on any atom is -0.469 e. The van der Waals surface area contributed by atoms with Crippen LogP contribution in [-0.4, -0.2) is 35.5 Å². The molecule has 0 amide bonds. The number of allylic oxidation sites excluding steroid dienone is 1. The van der Waals surface area contributed by atoms with E-state index in [0.717, 1.165) is 19.3 Å². The fourth-order valence-electron chi connectivity index (χ4n) is 10.1. The largest absolute Gasteiger partial charge is 0.469 e. The van der Waals surface area contributed by atoms with Crippen LogP contribution in [0, 0.1) is 39.9 Å². The van der Waals surface area contributed by atoms with Crippen molar-refractivity contribution in [2.75, 3.05) is 7.11 Å². The molecule has 4 nitrogen and oxygen atoms in total. The number of ether oxygens (including phenoxy) is 2. The van der Waals surface area contributed by atoms with Crippen LogP contribution in [0.25, 0.3) is 0 Å². The summed E-state index contributed by atoms with van der Waals surface area (Å²) in [7, 11) is 1.50. The second kappa shape index (κ2) is 8.86. The van der Waals surface area contributed by atoms with Gasteiger partial charge in [0.2, 0.25) is 0 Å². The van der Waals surface area contributed by atoms with Crippen molar-refractivity contribution < 1.29 is 19.4 Å². The number of carbonyl (C=O) groups excluding carboxylic acids is 1. The van der Waals surface area contributed by atoms with Crippen LogP contribution in [0.5, 0.6) is 0 Å². The highest BCUT2D eigenvalue weighted by Crippen LogP contribution is 2.74. The van der Waals surface area contributed by atoms with Gasteiger partial charge in [0.15, 0.2) is 0 Å². The molecule has 1 unspecified atom stereocenters. The topological polar surface area (TPSA) is 55.8 Å². The van der Waals surface area contributed by atoms with E-state index in [0.29, 0.717) is 30.1 Å². The van der Waals surface area contributed by atoms with Crippen LogP contribution in [0.1, 0.15) is 113 Å². The van der Waals surface area contributed by atoms with Gasteiger partial charge in [0.25, 0.3) is 0 Å². The van der Waals surface area contributed by atoms with Gasteiger partial charge in [-0.2, -0.15) is 0 Å². The maximum Gasteiger partial charge on any atom is 0.305 e. The molecule has 0 aromatic carbocycles. The van der Waals surface area contributed by atoms with Gasteiger partial charge in [-0.15, -0.1) is 0 Å². The minimum atomic E-state index is -0.786. The van der Waals surface area contributed by atoms with Gasteiger partial charge in [0.05, 0.1) is 24.4 Å². The summed E-state index contributed by atoms with van der Waals surface area (Å²) >= 11 is 0. The molecule has 4 heteroatoms. The van der Waals surface area contributed by atoms with Gasteiger partial charge in [0, 0.05) is 6.42 Å². The molecular weight excluding hydrogens is 436 g/mol. The molecule has 3 aliphatic carbocycles. The summed E-state index contributed by atoms with van der Waals surface area (Å²) in [4.78, 5) is 12.2. The predicted octanol–water partition coefficient (Wildman–Crippen LogP) is 7.09. The number of esters is 1. The first-order chi connectivity index (χ1) is 16.1. The quantitative estimate of drug-likeness (QED) is 0.320. The Morgan fingerprint density at radius 3 is 2.23 bits per heavy atom. The van der Waals surface area contributed by atoms with Gasteiger partial charge in [0.1, 0.15) is 0 Å². The number of aliphatic hydroxyl groups is 1. The zero-order chi connectivity index (χ0) is 26.0. The van der Waals surface area contributed by atoms with E-state index in [1.807, 2.05) is 13.8 Å². The van der Waals surface area contributed by atoms with Crippen LogP contribution < -0.4 is 0 Å². The molecule has 1 aliphatic heterocycles. The molecule has 4 rings (SSSR count). The van der Waals surface area contributed by atoms with Gasteiger partial charge in [-0.25, -0.2) is 0 Å². The van der Waals surface area contributed by atoms with Crippen molar-refractivity contribution in [3.8, 4) is 0 Å². The molecule has 35 heavy (non-hydrogen) atoms. The van der Waals surface area contributed by atoms with E-state index in [9.17, 15) is 9.90 Å². The summed E-state index contributed by atoms with van der Waals surface area (Å²) in [5, 5.41) is 10.6. The zero-order valence-electron chi connectivity index (χ0n) is 23.8. The van der Waals surface area contributed by atoms with Crippen LogP contribution in [0.4, 0.5) is 0 Å². The average Bonchev–Trinajstić information content (AvgIpc) is 3.34. The normalized spacial score (nSPS) is 47.7. The molecular formula is C31H52O4. The maximum atomic E-state index is 12.2. The standard InChI is InChI=1S/C31H52O4/c1-20(2)21-12-18-30(7)24(28(21,5)16-15-26(32)34-9)11-10-22-23(13-17-29(22,30)6)31(8)19-14-25(35-31)27(3,4)33/h21-25,33H,1,10-19H2,2-9H3/t21-,22-,23-,24+,25?,28+,29-,30-,31+/m1/s1. The smallest absolute Gasteiger partial charge is 0.305 e. The number of hydrogen-bond donors (Lipinski definition) is 1. The highest BCUT2D eigenvalue weighted by Gasteiger charge is 2.68. The Morgan fingerprint density at radius 2 is 1.66 bits per heavy atom. The van der Waals surface area contributed by atoms with Crippen molar-refractivity contribution >= 4 is 5.97 Å². The summed E-state index contributed by atoms with van der Waals surface area (Å²) in [5.74, 6) is 2.16. The van der Waals surface area contributed by atoms with Gasteiger partial charge < -0.3 is 14.6 Å². The molecule has 4 aliphatic rings. The molecule has 1 saturated heterocycles. The van der Waals surface area contributed by atoms with Gasteiger partial charge >= 0.3 is 5.97 Å². The van der Waals surface area contributed by atoms with Crippen LogP contribution in [0.15, 0.2) is 12.2 Å². The third kappa shape index (κ3) is 4.13. The Balaban J connectivity index is 1.63. The first-order valence-electron chi connectivity index (χ1n) is 14.2. The summed E-state index contributed by atoms with van der Waals surface area (Å²) in [6, 6.07) is 0. The molecule has 3 saturated carbocycles. The molecule has 0 spiro atoms. The van der Waals surface area contributed by atoms with Crippen LogP contribution in [-0.2, 0) is 14.3 Å². The van der Waals surface area contributed by atoms with Crippen molar-refractivity contribution in [1.29, 1.82) is 0 Å². The molecule has 0 radical (unpaired) electrons. The number of fused-ring (bicyclic) bond motifs is 3. The van der Waals surface area contributed by atoms with E-state index < -0.39 is 5.60 Å². The van der Waals surface area contributed by atoms with Crippen LogP contribution in [0.2, 0.25) is 0 Å². The predicted molar refractivity (Wildman–Crippen MR) is 141 cm³/mol. The van der Waals surface area contributed by atoms with E-state index in [-0.39, 0.29) is 33.9 Å². The first-order valence-corrected chi connectivity index (χ1v) is 14.2. The monoisotopic (exact) mass is 488 g/mol. The Hall–Kier alpha value is -0.870. The molecule has 200 valence electrons. The number of methoxy groups -OCH3 is 1. The second-order valence-corrected chi connectivity index (χ2v) is 14.3. The van der Waals surface area contributed by atoms with E-state index >= 15 is 0 Å². The average molecular weight is 489 g/mol.